The van der Waals surface area contributed by atoms with E-state index in [1.54, 1.807) is 12.0 Å². The van der Waals surface area contributed by atoms with Crippen LogP contribution in [0.1, 0.15) is 19.4 Å². The van der Waals surface area contributed by atoms with Gasteiger partial charge in [-0.25, -0.2) is 0 Å². The second-order valence-corrected chi connectivity index (χ2v) is 4.69. The Hall–Kier alpha value is -1.48. The Morgan fingerprint density at radius 3 is 2.68 bits per heavy atom. The number of halogens is 1. The van der Waals surface area contributed by atoms with Gasteiger partial charge in [0.2, 0.25) is 5.91 Å². The second kappa shape index (κ2) is 7.85. The molecule has 0 fully saturated rings. The molecule has 0 N–H and O–H groups in total. The van der Waals surface area contributed by atoms with Crippen LogP contribution >= 0.6 is 11.6 Å². The molecule has 0 bridgehead atoms. The Labute approximate surface area is 119 Å². The number of hydrogen-bond acceptors (Lipinski definition) is 2. The van der Waals surface area contributed by atoms with Crippen LogP contribution in [0.25, 0.3) is 6.08 Å². The average molecular weight is 282 g/mol. The van der Waals surface area contributed by atoms with Gasteiger partial charge in [-0.15, -0.1) is 11.6 Å². The predicted octanol–water partition coefficient (Wildman–Crippen LogP) is 3.18. The molecule has 0 spiro atoms. The van der Waals surface area contributed by atoms with Crippen LogP contribution in [0.15, 0.2) is 30.3 Å². The molecular formula is C15H20ClNO2. The average Bonchev–Trinajstić information content (AvgIpc) is 2.42. The maximum Gasteiger partial charge on any atom is 0.238 e. The number of alkyl halides is 1. The topological polar surface area (TPSA) is 29.5 Å². The quantitative estimate of drug-likeness (QED) is 0.750. The lowest BCUT2D eigenvalue weighted by Gasteiger charge is -2.24. The molecule has 0 heterocycles. The van der Waals surface area contributed by atoms with Crippen LogP contribution in [0.4, 0.5) is 0 Å². The van der Waals surface area contributed by atoms with Crippen LogP contribution in [-0.4, -0.2) is 36.4 Å². The Bertz CT molecular complexity index is 444. The molecule has 1 aromatic carbocycles. The first-order valence-corrected chi connectivity index (χ1v) is 6.78. The van der Waals surface area contributed by atoms with E-state index >= 15 is 0 Å². The van der Waals surface area contributed by atoms with Crippen molar-refractivity contribution in [3.05, 3.63) is 35.9 Å². The van der Waals surface area contributed by atoms with E-state index in [0.717, 1.165) is 11.3 Å². The lowest BCUT2D eigenvalue weighted by atomic mass is 10.2. The van der Waals surface area contributed by atoms with Gasteiger partial charge in [0.15, 0.2) is 0 Å². The van der Waals surface area contributed by atoms with Gasteiger partial charge in [-0.05, 0) is 19.9 Å². The lowest BCUT2D eigenvalue weighted by molar-refractivity contribution is -0.129. The van der Waals surface area contributed by atoms with Gasteiger partial charge in [0.25, 0.3) is 0 Å². The fourth-order valence-electron chi connectivity index (χ4n) is 1.77. The van der Waals surface area contributed by atoms with E-state index in [0.29, 0.717) is 6.54 Å². The van der Waals surface area contributed by atoms with Crippen LogP contribution in [0, 0.1) is 0 Å². The summed E-state index contributed by atoms with van der Waals surface area (Å²) in [5.41, 5.74) is 0.993. The van der Waals surface area contributed by atoms with Crippen molar-refractivity contribution >= 4 is 23.6 Å². The number of carbonyl (C=O) groups excluding carboxylic acids is 1. The number of nitrogens with zero attached hydrogens (tertiary/aromatic N) is 1. The van der Waals surface area contributed by atoms with E-state index in [1.807, 2.05) is 50.3 Å². The van der Waals surface area contributed by atoms with Crippen molar-refractivity contribution in [2.75, 3.05) is 19.5 Å². The molecule has 104 valence electrons. The molecule has 0 aliphatic rings. The molecule has 1 rings (SSSR count). The zero-order valence-electron chi connectivity index (χ0n) is 11.6. The van der Waals surface area contributed by atoms with E-state index in [9.17, 15) is 4.79 Å². The van der Waals surface area contributed by atoms with Crippen LogP contribution in [-0.2, 0) is 4.79 Å². The monoisotopic (exact) mass is 281 g/mol. The first-order valence-electron chi connectivity index (χ1n) is 6.25. The molecule has 0 aliphatic carbocycles. The van der Waals surface area contributed by atoms with E-state index in [4.69, 9.17) is 16.3 Å². The summed E-state index contributed by atoms with van der Waals surface area (Å²) in [5, 5.41) is 0. The zero-order chi connectivity index (χ0) is 14.3. The molecule has 0 aromatic heterocycles. The molecular weight excluding hydrogens is 262 g/mol. The normalized spacial score (nSPS) is 11.0. The van der Waals surface area contributed by atoms with Crippen LogP contribution in [0.5, 0.6) is 5.75 Å². The van der Waals surface area contributed by atoms with Crippen molar-refractivity contribution in [2.45, 2.75) is 19.9 Å². The third kappa shape index (κ3) is 4.60. The third-order valence-corrected chi connectivity index (χ3v) is 3.03. The molecule has 3 nitrogen and oxygen atoms in total. The summed E-state index contributed by atoms with van der Waals surface area (Å²) in [6, 6.07) is 7.89. The molecule has 0 saturated heterocycles. The van der Waals surface area contributed by atoms with E-state index in [1.165, 1.54) is 0 Å². The fraction of sp³-hybridized carbons (Fsp3) is 0.400. The van der Waals surface area contributed by atoms with Crippen molar-refractivity contribution < 1.29 is 9.53 Å². The van der Waals surface area contributed by atoms with Crippen molar-refractivity contribution in [3.63, 3.8) is 0 Å². The Kier molecular flexibility index (Phi) is 6.43. The van der Waals surface area contributed by atoms with Crippen molar-refractivity contribution in [1.82, 2.24) is 4.90 Å². The number of ether oxygens (including phenoxy) is 1. The highest BCUT2D eigenvalue weighted by molar-refractivity contribution is 6.27. The first-order chi connectivity index (χ1) is 9.10. The number of methoxy groups -OCH3 is 1. The Balaban J connectivity index is 2.73. The van der Waals surface area contributed by atoms with E-state index in [-0.39, 0.29) is 17.8 Å². The highest BCUT2D eigenvalue weighted by atomic mass is 35.5. The summed E-state index contributed by atoms with van der Waals surface area (Å²) in [4.78, 5) is 13.4. The largest absolute Gasteiger partial charge is 0.496 e. The van der Waals surface area contributed by atoms with Crippen molar-refractivity contribution in [3.8, 4) is 5.75 Å². The molecule has 0 atom stereocenters. The summed E-state index contributed by atoms with van der Waals surface area (Å²) in [7, 11) is 1.64. The number of hydrogen-bond donors (Lipinski definition) is 0. The standard InChI is InChI=1S/C15H20ClNO2/c1-12(2)17(15(18)11-16)10-6-8-13-7-4-5-9-14(13)19-3/h4-9,12H,10-11H2,1-3H3/b8-6+. The molecule has 0 radical (unpaired) electrons. The highest BCUT2D eigenvalue weighted by Gasteiger charge is 2.13. The number of amides is 1. The maximum absolute atomic E-state index is 11.7. The zero-order valence-corrected chi connectivity index (χ0v) is 12.4. The van der Waals surface area contributed by atoms with Crippen LogP contribution < -0.4 is 4.74 Å². The first kappa shape index (κ1) is 15.6. The molecule has 1 aromatic rings. The summed E-state index contributed by atoms with van der Waals surface area (Å²) >= 11 is 5.60. The number of para-hydroxylation sites is 1. The number of benzene rings is 1. The Morgan fingerprint density at radius 1 is 1.42 bits per heavy atom. The molecule has 0 unspecified atom stereocenters. The molecule has 1 amide bonds. The summed E-state index contributed by atoms with van der Waals surface area (Å²) in [6.07, 6.45) is 3.90. The molecule has 0 saturated carbocycles. The van der Waals surface area contributed by atoms with Gasteiger partial charge in [-0.3, -0.25) is 4.79 Å². The van der Waals surface area contributed by atoms with Crippen LogP contribution in [0.2, 0.25) is 0 Å². The van der Waals surface area contributed by atoms with Gasteiger partial charge in [0, 0.05) is 18.2 Å². The molecule has 19 heavy (non-hydrogen) atoms. The van der Waals surface area contributed by atoms with Crippen LogP contribution in [0.3, 0.4) is 0 Å². The van der Waals surface area contributed by atoms with Gasteiger partial charge >= 0.3 is 0 Å². The SMILES string of the molecule is COc1ccccc1/C=C/CN(C(=O)CCl)C(C)C. The Morgan fingerprint density at radius 2 is 2.11 bits per heavy atom. The summed E-state index contributed by atoms with van der Waals surface area (Å²) in [5.74, 6) is 0.778. The van der Waals surface area contributed by atoms with Gasteiger partial charge in [0.1, 0.15) is 11.6 Å². The number of rotatable bonds is 6. The van der Waals surface area contributed by atoms with Crippen molar-refractivity contribution in [2.24, 2.45) is 0 Å². The van der Waals surface area contributed by atoms with E-state index < -0.39 is 0 Å². The summed E-state index contributed by atoms with van der Waals surface area (Å²) in [6.45, 7) is 4.49. The highest BCUT2D eigenvalue weighted by Crippen LogP contribution is 2.18. The molecule has 4 heteroatoms. The third-order valence-electron chi connectivity index (χ3n) is 2.80. The minimum absolute atomic E-state index is 0.0146. The van der Waals surface area contributed by atoms with Gasteiger partial charge in [-0.2, -0.15) is 0 Å². The van der Waals surface area contributed by atoms with E-state index in [2.05, 4.69) is 0 Å². The molecule has 0 aliphatic heterocycles. The predicted molar refractivity (Wildman–Crippen MR) is 79.6 cm³/mol. The van der Waals surface area contributed by atoms with Gasteiger partial charge in [0.05, 0.1) is 7.11 Å². The van der Waals surface area contributed by atoms with Gasteiger partial charge < -0.3 is 9.64 Å². The summed E-state index contributed by atoms with van der Waals surface area (Å²) < 4.78 is 5.27. The van der Waals surface area contributed by atoms with Crippen molar-refractivity contribution in [1.29, 1.82) is 0 Å². The second-order valence-electron chi connectivity index (χ2n) is 4.42. The minimum atomic E-state index is -0.0543. The number of carbonyl (C=O) groups is 1. The fourth-order valence-corrected chi connectivity index (χ4v) is 1.93. The van der Waals surface area contributed by atoms with Gasteiger partial charge in [-0.1, -0.05) is 30.4 Å². The minimum Gasteiger partial charge on any atom is -0.496 e. The lowest BCUT2D eigenvalue weighted by Crippen LogP contribution is -2.37. The smallest absolute Gasteiger partial charge is 0.238 e. The maximum atomic E-state index is 11.7.